The van der Waals surface area contributed by atoms with Crippen molar-refractivity contribution >= 4 is 12.0 Å². The van der Waals surface area contributed by atoms with Crippen LogP contribution in [0.25, 0.3) is 0 Å². The smallest absolute Gasteiger partial charge is 0.150 e. The number of ether oxygens (including phenoxy) is 2. The molecule has 4 heteroatoms. The van der Waals surface area contributed by atoms with Crippen molar-refractivity contribution in [2.24, 2.45) is 0 Å². The van der Waals surface area contributed by atoms with Gasteiger partial charge in [-0.05, 0) is 50.5 Å². The number of rotatable bonds is 2. The molecule has 1 fully saturated rings. The Morgan fingerprint density at radius 1 is 1.04 bits per heavy atom. The van der Waals surface area contributed by atoms with Gasteiger partial charge in [0.2, 0.25) is 0 Å². The zero-order chi connectivity index (χ0) is 18.9. The first-order valence-corrected chi connectivity index (χ1v) is 8.77. The lowest BCUT2D eigenvalue weighted by molar-refractivity contribution is -0.106. The molecule has 0 amide bonds. The Morgan fingerprint density at radius 2 is 1.64 bits per heavy atom. The van der Waals surface area contributed by atoms with E-state index in [1.807, 2.05) is 38.1 Å². The van der Waals surface area contributed by atoms with Gasteiger partial charge in [0.25, 0.3) is 0 Å². The van der Waals surface area contributed by atoms with Gasteiger partial charge >= 0.3 is 0 Å². The van der Waals surface area contributed by atoms with Gasteiger partial charge in [0.15, 0.2) is 5.75 Å². The van der Waals surface area contributed by atoms with Gasteiger partial charge in [0.1, 0.15) is 12.0 Å². The summed E-state index contributed by atoms with van der Waals surface area (Å²) in [5.74, 6) is 1.52. The van der Waals surface area contributed by atoms with Gasteiger partial charge in [-0.3, -0.25) is 0 Å². The van der Waals surface area contributed by atoms with Crippen molar-refractivity contribution in [3.63, 3.8) is 0 Å². The van der Waals surface area contributed by atoms with Crippen LogP contribution in [0.15, 0.2) is 61.0 Å². The number of hydrogen-bond acceptors (Lipinski definition) is 4. The molecule has 1 aromatic carbocycles. The van der Waals surface area contributed by atoms with E-state index in [2.05, 4.69) is 18.5 Å². The highest BCUT2D eigenvalue weighted by atomic mass is 16.5. The topological polar surface area (TPSA) is 47.6 Å². The fraction of sp³-hybridized carbons (Fsp3) is 0.381. The maximum atomic E-state index is 8.81. The molecule has 0 spiro atoms. The molecule has 0 saturated carbocycles. The summed E-state index contributed by atoms with van der Waals surface area (Å²) in [6.45, 7) is 14.8. The van der Waals surface area contributed by atoms with Crippen molar-refractivity contribution in [2.75, 3.05) is 18.5 Å². The number of carbonyl (C=O) groups excluding carboxylic acids is 1. The molecular formula is C21H31NO3. The number of para-hydroxylation sites is 2. The van der Waals surface area contributed by atoms with E-state index in [9.17, 15) is 0 Å². The summed E-state index contributed by atoms with van der Waals surface area (Å²) in [5.41, 5.74) is 1.80. The fourth-order valence-corrected chi connectivity index (χ4v) is 2.03. The van der Waals surface area contributed by atoms with Crippen LogP contribution in [-0.2, 0) is 9.53 Å². The van der Waals surface area contributed by atoms with E-state index in [0.717, 1.165) is 36.6 Å². The van der Waals surface area contributed by atoms with E-state index in [-0.39, 0.29) is 0 Å². The standard InChI is InChI=1S/C12H11NO.C5H10O.C2H4O.C2H6/c1-3-9-11(4-2)14-12-8-6-5-7-10(12)13-9;1-2-4-6-5-3-1;1-2-3;1-2/h3-8,13H,1-2H2;1-5H2;2H,1H3;1-2H3. The Morgan fingerprint density at radius 3 is 2.08 bits per heavy atom. The third-order valence-electron chi connectivity index (χ3n) is 3.11. The summed E-state index contributed by atoms with van der Waals surface area (Å²) in [7, 11) is 0. The summed E-state index contributed by atoms with van der Waals surface area (Å²) < 4.78 is 10.7. The van der Waals surface area contributed by atoms with Gasteiger partial charge in [-0.15, -0.1) is 0 Å². The Balaban J connectivity index is 0.000000435. The highest BCUT2D eigenvalue weighted by molar-refractivity contribution is 5.64. The van der Waals surface area contributed by atoms with E-state index in [1.165, 1.54) is 26.2 Å². The second kappa shape index (κ2) is 15.2. The van der Waals surface area contributed by atoms with Crippen molar-refractivity contribution in [2.45, 2.75) is 40.0 Å². The second-order valence-corrected chi connectivity index (χ2v) is 4.82. The van der Waals surface area contributed by atoms with Crippen LogP contribution in [0.1, 0.15) is 40.0 Å². The molecule has 4 nitrogen and oxygen atoms in total. The molecule has 1 aromatic rings. The van der Waals surface area contributed by atoms with Crippen LogP contribution in [0.5, 0.6) is 5.75 Å². The van der Waals surface area contributed by atoms with Gasteiger partial charge in [0.05, 0.1) is 11.4 Å². The molecule has 2 aliphatic rings. The first-order chi connectivity index (χ1) is 12.3. The molecular weight excluding hydrogens is 314 g/mol. The summed E-state index contributed by atoms with van der Waals surface area (Å²) in [6, 6.07) is 7.75. The minimum atomic E-state index is 0.707. The van der Waals surface area contributed by atoms with Gasteiger partial charge < -0.3 is 19.6 Å². The number of nitrogens with one attached hydrogen (secondary N) is 1. The number of fused-ring (bicyclic) bond motifs is 1. The number of carbonyl (C=O) groups is 1. The molecule has 0 radical (unpaired) electrons. The monoisotopic (exact) mass is 345 g/mol. The SMILES string of the molecule is C1CCOCC1.C=CC1=C(C=C)Oc2ccccc2N1.CC.CC=O. The van der Waals surface area contributed by atoms with Crippen LogP contribution in [-0.4, -0.2) is 19.5 Å². The summed E-state index contributed by atoms with van der Waals surface area (Å²) >= 11 is 0. The first-order valence-electron chi connectivity index (χ1n) is 8.77. The van der Waals surface area contributed by atoms with E-state index >= 15 is 0 Å². The van der Waals surface area contributed by atoms with Crippen molar-refractivity contribution in [3.8, 4) is 5.75 Å². The van der Waals surface area contributed by atoms with Crippen LogP contribution in [0.3, 0.4) is 0 Å². The quantitative estimate of drug-likeness (QED) is 0.720. The predicted octanol–water partition coefficient (Wildman–Crippen LogP) is 5.49. The minimum Gasteiger partial charge on any atom is -0.453 e. The van der Waals surface area contributed by atoms with Gasteiger partial charge in [-0.25, -0.2) is 0 Å². The van der Waals surface area contributed by atoms with Gasteiger partial charge in [-0.2, -0.15) is 0 Å². The number of hydrogen-bond donors (Lipinski definition) is 1. The number of allylic oxidation sites excluding steroid dienone is 2. The zero-order valence-corrected chi connectivity index (χ0v) is 15.7. The highest BCUT2D eigenvalue weighted by Gasteiger charge is 2.14. The van der Waals surface area contributed by atoms with Crippen molar-refractivity contribution < 1.29 is 14.3 Å². The van der Waals surface area contributed by atoms with Crippen LogP contribution in [0.2, 0.25) is 0 Å². The molecule has 0 bridgehead atoms. The Kier molecular flexibility index (Phi) is 13.8. The van der Waals surface area contributed by atoms with Crippen LogP contribution in [0.4, 0.5) is 5.69 Å². The summed E-state index contributed by atoms with van der Waals surface area (Å²) in [6.07, 6.45) is 8.06. The largest absolute Gasteiger partial charge is 0.453 e. The van der Waals surface area contributed by atoms with Crippen LogP contribution in [0, 0.1) is 0 Å². The third-order valence-corrected chi connectivity index (χ3v) is 3.11. The van der Waals surface area contributed by atoms with E-state index in [0.29, 0.717) is 5.76 Å². The molecule has 0 aliphatic carbocycles. The lowest BCUT2D eigenvalue weighted by Gasteiger charge is -2.21. The third kappa shape index (κ3) is 8.91. The Labute approximate surface area is 152 Å². The normalized spacial score (nSPS) is 14.2. The van der Waals surface area contributed by atoms with Crippen molar-refractivity contribution in [1.82, 2.24) is 0 Å². The minimum absolute atomic E-state index is 0.707. The fourth-order valence-electron chi connectivity index (χ4n) is 2.03. The molecule has 138 valence electrons. The van der Waals surface area contributed by atoms with E-state index in [4.69, 9.17) is 14.3 Å². The molecule has 0 aromatic heterocycles. The van der Waals surface area contributed by atoms with E-state index in [1.54, 1.807) is 12.2 Å². The molecule has 25 heavy (non-hydrogen) atoms. The second-order valence-electron chi connectivity index (χ2n) is 4.82. The Hall–Kier alpha value is -2.33. The molecule has 1 saturated heterocycles. The van der Waals surface area contributed by atoms with Gasteiger partial charge in [0, 0.05) is 13.2 Å². The number of anilines is 1. The lowest BCUT2D eigenvalue weighted by Crippen LogP contribution is -2.11. The maximum absolute atomic E-state index is 8.81. The molecule has 2 aliphatic heterocycles. The summed E-state index contributed by atoms with van der Waals surface area (Å²) in [4.78, 5) is 8.81. The summed E-state index contributed by atoms with van der Waals surface area (Å²) in [5, 5.41) is 3.21. The average molecular weight is 345 g/mol. The highest BCUT2D eigenvalue weighted by Crippen LogP contribution is 2.32. The number of aldehydes is 1. The van der Waals surface area contributed by atoms with Crippen molar-refractivity contribution in [1.29, 1.82) is 0 Å². The predicted molar refractivity (Wildman–Crippen MR) is 106 cm³/mol. The molecule has 3 rings (SSSR count). The first kappa shape index (κ1) is 22.7. The molecule has 2 heterocycles. The van der Waals surface area contributed by atoms with Crippen LogP contribution >= 0.6 is 0 Å². The zero-order valence-electron chi connectivity index (χ0n) is 15.7. The maximum Gasteiger partial charge on any atom is 0.150 e. The van der Waals surface area contributed by atoms with Crippen LogP contribution < -0.4 is 10.1 Å². The Bertz CT molecular complexity index is 495. The molecule has 1 N–H and O–H groups in total. The average Bonchev–Trinajstić information content (AvgIpc) is 2.70. The van der Waals surface area contributed by atoms with Gasteiger partial charge in [-0.1, -0.05) is 39.1 Å². The van der Waals surface area contributed by atoms with Crippen molar-refractivity contribution in [3.05, 3.63) is 61.0 Å². The molecule has 0 unspecified atom stereocenters. The number of benzene rings is 1. The molecule has 0 atom stereocenters. The van der Waals surface area contributed by atoms with E-state index < -0.39 is 0 Å². The lowest BCUT2D eigenvalue weighted by atomic mass is 10.2.